The minimum Gasteiger partial charge on any atom is -0.330 e. The molecule has 0 atom stereocenters. The number of hydrogen-bond donors (Lipinski definition) is 3. The zero-order valence-corrected chi connectivity index (χ0v) is 10.8. The molecule has 0 saturated heterocycles. The monoisotopic (exact) mass is 229 g/mol. The van der Waals surface area contributed by atoms with E-state index in [1.807, 2.05) is 0 Å². The van der Waals surface area contributed by atoms with Gasteiger partial charge in [-0.3, -0.25) is 0 Å². The van der Waals surface area contributed by atoms with Crippen LogP contribution in [0, 0.1) is 0 Å². The van der Waals surface area contributed by atoms with Crippen LogP contribution < -0.4 is 16.8 Å². The molecule has 0 rings (SSSR count). The molecule has 0 aliphatic rings. The molecule has 0 amide bonds. The molecular formula is C13H31N3. The second-order valence-corrected chi connectivity index (χ2v) is 4.51. The van der Waals surface area contributed by atoms with Gasteiger partial charge in [0.15, 0.2) is 0 Å². The van der Waals surface area contributed by atoms with Crippen molar-refractivity contribution in [3.63, 3.8) is 0 Å². The Morgan fingerprint density at radius 1 is 0.500 bits per heavy atom. The SMILES string of the molecule is NCCCCCCCNCCCCCCN. The number of nitrogens with two attached hydrogens (primary N) is 2. The summed E-state index contributed by atoms with van der Waals surface area (Å²) in [6, 6.07) is 0. The fraction of sp³-hybridized carbons (Fsp3) is 1.00. The molecule has 0 unspecified atom stereocenters. The largest absolute Gasteiger partial charge is 0.330 e. The van der Waals surface area contributed by atoms with Crippen molar-refractivity contribution in [1.82, 2.24) is 5.32 Å². The van der Waals surface area contributed by atoms with Crippen molar-refractivity contribution in [2.45, 2.75) is 57.8 Å². The third kappa shape index (κ3) is 13.9. The highest BCUT2D eigenvalue weighted by atomic mass is 14.8. The minimum absolute atomic E-state index is 0.843. The first kappa shape index (κ1) is 15.9. The van der Waals surface area contributed by atoms with E-state index >= 15 is 0 Å². The van der Waals surface area contributed by atoms with E-state index in [4.69, 9.17) is 11.5 Å². The normalized spacial score (nSPS) is 10.9. The van der Waals surface area contributed by atoms with Crippen LogP contribution in [0.2, 0.25) is 0 Å². The first-order valence-electron chi connectivity index (χ1n) is 7.02. The third-order valence-electron chi connectivity index (χ3n) is 2.87. The van der Waals surface area contributed by atoms with Crippen LogP contribution in [0.3, 0.4) is 0 Å². The van der Waals surface area contributed by atoms with Gasteiger partial charge in [-0.05, 0) is 51.9 Å². The van der Waals surface area contributed by atoms with Crippen molar-refractivity contribution in [2.24, 2.45) is 11.5 Å². The number of unbranched alkanes of at least 4 members (excludes halogenated alkanes) is 7. The highest BCUT2D eigenvalue weighted by molar-refractivity contribution is 4.51. The van der Waals surface area contributed by atoms with E-state index in [9.17, 15) is 0 Å². The van der Waals surface area contributed by atoms with Crippen molar-refractivity contribution >= 4 is 0 Å². The van der Waals surface area contributed by atoms with Gasteiger partial charge >= 0.3 is 0 Å². The second-order valence-electron chi connectivity index (χ2n) is 4.51. The molecule has 3 heteroatoms. The quantitative estimate of drug-likeness (QED) is 0.423. The Morgan fingerprint density at radius 2 is 0.875 bits per heavy atom. The fourth-order valence-electron chi connectivity index (χ4n) is 1.80. The van der Waals surface area contributed by atoms with Crippen LogP contribution in [0.25, 0.3) is 0 Å². The maximum atomic E-state index is 5.44. The van der Waals surface area contributed by atoms with Gasteiger partial charge < -0.3 is 16.8 Å². The average molecular weight is 229 g/mol. The first-order valence-corrected chi connectivity index (χ1v) is 7.02. The van der Waals surface area contributed by atoms with Gasteiger partial charge in [0.1, 0.15) is 0 Å². The van der Waals surface area contributed by atoms with Crippen LogP contribution in [0.5, 0.6) is 0 Å². The summed E-state index contributed by atoms with van der Waals surface area (Å²) in [6.07, 6.45) is 11.6. The van der Waals surface area contributed by atoms with E-state index in [-0.39, 0.29) is 0 Å². The van der Waals surface area contributed by atoms with Crippen molar-refractivity contribution in [1.29, 1.82) is 0 Å². The highest BCUT2D eigenvalue weighted by Gasteiger charge is 1.91. The van der Waals surface area contributed by atoms with Crippen molar-refractivity contribution < 1.29 is 0 Å². The molecule has 3 nitrogen and oxygen atoms in total. The van der Waals surface area contributed by atoms with Gasteiger partial charge in [-0.2, -0.15) is 0 Å². The Kier molecular flexibility index (Phi) is 14.8. The molecule has 0 aromatic heterocycles. The number of rotatable bonds is 13. The summed E-state index contributed by atoms with van der Waals surface area (Å²) in [4.78, 5) is 0. The van der Waals surface area contributed by atoms with Gasteiger partial charge in [0.05, 0.1) is 0 Å². The van der Waals surface area contributed by atoms with Gasteiger partial charge in [-0.25, -0.2) is 0 Å². The summed E-state index contributed by atoms with van der Waals surface area (Å²) in [5, 5.41) is 3.50. The zero-order chi connectivity index (χ0) is 11.9. The summed E-state index contributed by atoms with van der Waals surface area (Å²) in [5.74, 6) is 0. The van der Waals surface area contributed by atoms with Crippen LogP contribution >= 0.6 is 0 Å². The van der Waals surface area contributed by atoms with Crippen molar-refractivity contribution in [2.75, 3.05) is 26.2 Å². The second kappa shape index (κ2) is 14.9. The van der Waals surface area contributed by atoms with E-state index in [1.54, 1.807) is 0 Å². The molecule has 0 aliphatic carbocycles. The number of hydrogen-bond acceptors (Lipinski definition) is 3. The Labute approximate surface area is 101 Å². The molecular weight excluding hydrogens is 198 g/mol. The molecule has 0 aromatic carbocycles. The van der Waals surface area contributed by atoms with Crippen LogP contribution in [0.1, 0.15) is 57.8 Å². The smallest absolute Gasteiger partial charge is 0.00489 e. The van der Waals surface area contributed by atoms with E-state index in [1.165, 1.54) is 70.9 Å². The molecule has 0 radical (unpaired) electrons. The predicted molar refractivity (Wildman–Crippen MR) is 72.5 cm³/mol. The van der Waals surface area contributed by atoms with E-state index in [0.717, 1.165) is 13.1 Å². The first-order chi connectivity index (χ1) is 7.91. The lowest BCUT2D eigenvalue weighted by atomic mass is 10.1. The molecule has 0 bridgehead atoms. The van der Waals surface area contributed by atoms with Crippen LogP contribution in [0.4, 0.5) is 0 Å². The lowest BCUT2D eigenvalue weighted by molar-refractivity contribution is 0.552. The summed E-state index contributed by atoms with van der Waals surface area (Å²) >= 11 is 0. The summed E-state index contributed by atoms with van der Waals surface area (Å²) < 4.78 is 0. The summed E-state index contributed by atoms with van der Waals surface area (Å²) in [7, 11) is 0. The maximum absolute atomic E-state index is 5.44. The van der Waals surface area contributed by atoms with E-state index in [0.29, 0.717) is 0 Å². The van der Waals surface area contributed by atoms with Crippen molar-refractivity contribution in [3.05, 3.63) is 0 Å². The predicted octanol–water partition coefficient (Wildman–Crippen LogP) is 2.00. The fourth-order valence-corrected chi connectivity index (χ4v) is 1.80. The van der Waals surface area contributed by atoms with Crippen LogP contribution in [-0.4, -0.2) is 26.2 Å². The lowest BCUT2D eigenvalue weighted by Gasteiger charge is -2.04. The average Bonchev–Trinajstić information content (AvgIpc) is 2.31. The topological polar surface area (TPSA) is 64.1 Å². The molecule has 0 aliphatic heterocycles. The van der Waals surface area contributed by atoms with Gasteiger partial charge in [0.25, 0.3) is 0 Å². The molecule has 0 fully saturated rings. The molecule has 0 aromatic rings. The Morgan fingerprint density at radius 3 is 1.31 bits per heavy atom. The molecule has 5 N–H and O–H groups in total. The molecule has 16 heavy (non-hydrogen) atoms. The Balaban J connectivity index is 2.83. The van der Waals surface area contributed by atoms with E-state index < -0.39 is 0 Å². The molecule has 0 spiro atoms. The molecule has 98 valence electrons. The zero-order valence-electron chi connectivity index (χ0n) is 10.8. The molecule has 0 saturated carbocycles. The molecule has 0 heterocycles. The van der Waals surface area contributed by atoms with Gasteiger partial charge in [0.2, 0.25) is 0 Å². The number of nitrogens with one attached hydrogen (secondary N) is 1. The third-order valence-corrected chi connectivity index (χ3v) is 2.87. The van der Waals surface area contributed by atoms with Crippen LogP contribution in [0.15, 0.2) is 0 Å². The standard InChI is InChI=1S/C13H31N3/c14-10-6-2-1-4-8-12-16-13-9-5-3-7-11-15/h16H,1-15H2. The highest BCUT2D eigenvalue weighted by Crippen LogP contribution is 2.01. The Hall–Kier alpha value is -0.120. The maximum Gasteiger partial charge on any atom is -0.00489 e. The lowest BCUT2D eigenvalue weighted by Crippen LogP contribution is -2.16. The summed E-state index contributed by atoms with van der Waals surface area (Å²) in [6.45, 7) is 4.05. The van der Waals surface area contributed by atoms with E-state index in [2.05, 4.69) is 5.32 Å². The van der Waals surface area contributed by atoms with Crippen molar-refractivity contribution in [3.8, 4) is 0 Å². The van der Waals surface area contributed by atoms with Gasteiger partial charge in [-0.15, -0.1) is 0 Å². The van der Waals surface area contributed by atoms with Gasteiger partial charge in [0, 0.05) is 0 Å². The Bertz CT molecular complexity index is 104. The summed E-state index contributed by atoms with van der Waals surface area (Å²) in [5.41, 5.74) is 10.9. The van der Waals surface area contributed by atoms with Gasteiger partial charge in [-0.1, -0.05) is 32.1 Å². The minimum atomic E-state index is 0.843. The van der Waals surface area contributed by atoms with Crippen LogP contribution in [-0.2, 0) is 0 Å².